The van der Waals surface area contributed by atoms with E-state index in [4.69, 9.17) is 0 Å². The Hall–Kier alpha value is -1.65. The summed E-state index contributed by atoms with van der Waals surface area (Å²) in [4.78, 5) is 0.440. The van der Waals surface area contributed by atoms with Gasteiger partial charge in [0, 0.05) is 12.6 Å². The molecule has 0 aliphatic heterocycles. The number of sulfonamides is 1. The zero-order valence-electron chi connectivity index (χ0n) is 13.0. The van der Waals surface area contributed by atoms with Gasteiger partial charge in [-0.05, 0) is 49.4 Å². The number of nitrogens with zero attached hydrogens (tertiary/aromatic N) is 1. The van der Waals surface area contributed by atoms with Crippen LogP contribution >= 0.6 is 0 Å². The van der Waals surface area contributed by atoms with Gasteiger partial charge in [-0.2, -0.15) is 4.31 Å². The molecule has 1 aliphatic carbocycles. The predicted molar refractivity (Wildman–Crippen MR) is 88.1 cm³/mol. The summed E-state index contributed by atoms with van der Waals surface area (Å²) in [7, 11) is -3.46. The average molecular weight is 315 g/mol. The van der Waals surface area contributed by atoms with Gasteiger partial charge < -0.3 is 0 Å². The molecule has 2 aromatic rings. The second-order valence-corrected chi connectivity index (χ2v) is 7.89. The lowest BCUT2D eigenvalue weighted by atomic mass is 10.2. The highest BCUT2D eigenvalue weighted by Gasteiger charge is 2.38. The standard InChI is InChI=1S/C18H21NO2S/c1-14-8-9-15(2)18(12-14)22(20,21)19(17-10-11-17)13-16-6-4-3-5-7-16/h3-9,12,17H,10-11,13H2,1-2H3. The fourth-order valence-electron chi connectivity index (χ4n) is 2.65. The maximum absolute atomic E-state index is 13.1. The second-order valence-electron chi connectivity index (χ2n) is 6.04. The van der Waals surface area contributed by atoms with E-state index in [1.807, 2.05) is 56.3 Å². The number of benzene rings is 2. The van der Waals surface area contributed by atoms with Crippen molar-refractivity contribution >= 4 is 10.0 Å². The van der Waals surface area contributed by atoms with Gasteiger partial charge in [-0.1, -0.05) is 42.5 Å². The first-order valence-electron chi connectivity index (χ1n) is 7.61. The van der Waals surface area contributed by atoms with Gasteiger partial charge in [0.2, 0.25) is 10.0 Å². The molecule has 0 saturated heterocycles. The molecule has 0 radical (unpaired) electrons. The van der Waals surface area contributed by atoms with Crippen molar-refractivity contribution in [3.05, 3.63) is 65.2 Å². The molecule has 0 amide bonds. The van der Waals surface area contributed by atoms with Crippen LogP contribution in [0.1, 0.15) is 29.5 Å². The summed E-state index contributed by atoms with van der Waals surface area (Å²) in [5, 5.41) is 0. The molecule has 116 valence electrons. The third-order valence-corrected chi connectivity index (χ3v) is 6.11. The van der Waals surface area contributed by atoms with E-state index in [1.165, 1.54) is 0 Å². The Morgan fingerprint density at radius 3 is 2.36 bits per heavy atom. The molecule has 22 heavy (non-hydrogen) atoms. The Balaban J connectivity index is 1.98. The van der Waals surface area contributed by atoms with Gasteiger partial charge >= 0.3 is 0 Å². The molecule has 0 heterocycles. The first-order valence-corrected chi connectivity index (χ1v) is 9.05. The Labute approximate surface area is 132 Å². The molecular formula is C18H21NO2S. The van der Waals surface area contributed by atoms with Gasteiger partial charge in [-0.3, -0.25) is 0 Å². The van der Waals surface area contributed by atoms with Gasteiger partial charge in [-0.15, -0.1) is 0 Å². The lowest BCUT2D eigenvalue weighted by molar-refractivity contribution is 0.398. The largest absolute Gasteiger partial charge is 0.243 e. The van der Waals surface area contributed by atoms with Crippen molar-refractivity contribution in [1.82, 2.24) is 4.31 Å². The van der Waals surface area contributed by atoms with Gasteiger partial charge in [0.05, 0.1) is 4.90 Å². The molecule has 1 saturated carbocycles. The molecule has 0 unspecified atom stereocenters. The number of hydrogen-bond acceptors (Lipinski definition) is 2. The Morgan fingerprint density at radius 2 is 1.73 bits per heavy atom. The summed E-state index contributed by atoms with van der Waals surface area (Å²) in [5.41, 5.74) is 2.81. The molecule has 0 aromatic heterocycles. The highest BCUT2D eigenvalue weighted by atomic mass is 32.2. The summed E-state index contributed by atoms with van der Waals surface area (Å²) in [6.45, 7) is 4.23. The zero-order chi connectivity index (χ0) is 15.7. The van der Waals surface area contributed by atoms with Crippen LogP contribution in [0.3, 0.4) is 0 Å². The maximum Gasteiger partial charge on any atom is 0.243 e. The molecular weight excluding hydrogens is 294 g/mol. The van der Waals surface area contributed by atoms with E-state index >= 15 is 0 Å². The second kappa shape index (κ2) is 5.86. The Morgan fingerprint density at radius 1 is 1.05 bits per heavy atom. The van der Waals surface area contributed by atoms with Crippen molar-refractivity contribution in [2.75, 3.05) is 0 Å². The molecule has 1 aliphatic rings. The molecule has 0 N–H and O–H groups in total. The van der Waals surface area contributed by atoms with Crippen LogP contribution in [0.15, 0.2) is 53.4 Å². The van der Waals surface area contributed by atoms with Crippen molar-refractivity contribution in [2.45, 2.75) is 44.2 Å². The minimum Gasteiger partial charge on any atom is -0.207 e. The van der Waals surface area contributed by atoms with Crippen LogP contribution in [-0.2, 0) is 16.6 Å². The highest BCUT2D eigenvalue weighted by molar-refractivity contribution is 7.89. The van der Waals surface area contributed by atoms with E-state index < -0.39 is 10.0 Å². The van der Waals surface area contributed by atoms with Crippen LogP contribution in [0.4, 0.5) is 0 Å². The third-order valence-electron chi connectivity index (χ3n) is 4.07. The smallest absolute Gasteiger partial charge is 0.207 e. The average Bonchev–Trinajstić information content (AvgIpc) is 3.32. The van der Waals surface area contributed by atoms with E-state index in [-0.39, 0.29) is 6.04 Å². The summed E-state index contributed by atoms with van der Waals surface area (Å²) in [6, 6.07) is 15.6. The highest BCUT2D eigenvalue weighted by Crippen LogP contribution is 2.34. The lowest BCUT2D eigenvalue weighted by Gasteiger charge is -2.23. The van der Waals surface area contributed by atoms with Crippen molar-refractivity contribution in [2.24, 2.45) is 0 Å². The molecule has 0 spiro atoms. The van der Waals surface area contributed by atoms with Crippen LogP contribution < -0.4 is 0 Å². The summed E-state index contributed by atoms with van der Waals surface area (Å²) >= 11 is 0. The molecule has 0 bridgehead atoms. The zero-order valence-corrected chi connectivity index (χ0v) is 13.8. The maximum atomic E-state index is 13.1. The van der Waals surface area contributed by atoms with Gasteiger partial charge in [-0.25, -0.2) is 8.42 Å². The van der Waals surface area contributed by atoms with Gasteiger partial charge in [0.25, 0.3) is 0 Å². The summed E-state index contributed by atoms with van der Waals surface area (Å²) in [5.74, 6) is 0. The fraction of sp³-hybridized carbons (Fsp3) is 0.333. The van der Waals surface area contributed by atoms with Gasteiger partial charge in [0.15, 0.2) is 0 Å². The Bertz CT molecular complexity index is 765. The van der Waals surface area contributed by atoms with Crippen LogP contribution in [0.2, 0.25) is 0 Å². The molecule has 3 rings (SSSR count). The van der Waals surface area contributed by atoms with Gasteiger partial charge in [0.1, 0.15) is 0 Å². The molecule has 2 aromatic carbocycles. The molecule has 0 atom stereocenters. The minimum absolute atomic E-state index is 0.144. The molecule has 3 nitrogen and oxygen atoms in total. The van der Waals surface area contributed by atoms with Crippen LogP contribution in [-0.4, -0.2) is 18.8 Å². The molecule has 4 heteroatoms. The minimum atomic E-state index is -3.46. The number of rotatable bonds is 5. The monoisotopic (exact) mass is 315 g/mol. The van der Waals surface area contributed by atoms with Crippen LogP contribution in [0.25, 0.3) is 0 Å². The fourth-order valence-corrected chi connectivity index (χ4v) is 4.63. The summed E-state index contributed by atoms with van der Waals surface area (Å²) in [6.07, 6.45) is 1.91. The Kier molecular flexibility index (Phi) is 4.06. The predicted octanol–water partition coefficient (Wildman–Crippen LogP) is 3.66. The van der Waals surface area contributed by atoms with Crippen molar-refractivity contribution in [1.29, 1.82) is 0 Å². The topological polar surface area (TPSA) is 37.4 Å². The lowest BCUT2D eigenvalue weighted by Crippen LogP contribution is -2.33. The third kappa shape index (κ3) is 3.08. The first-order chi connectivity index (χ1) is 10.5. The normalized spacial score (nSPS) is 15.2. The van der Waals surface area contributed by atoms with Crippen molar-refractivity contribution in [3.63, 3.8) is 0 Å². The van der Waals surface area contributed by atoms with E-state index in [9.17, 15) is 8.42 Å². The SMILES string of the molecule is Cc1ccc(C)c(S(=O)(=O)N(Cc2ccccc2)C2CC2)c1. The van der Waals surface area contributed by atoms with Crippen molar-refractivity contribution in [3.8, 4) is 0 Å². The van der Waals surface area contributed by atoms with E-state index in [2.05, 4.69) is 0 Å². The van der Waals surface area contributed by atoms with E-state index in [0.717, 1.165) is 29.5 Å². The van der Waals surface area contributed by atoms with Crippen molar-refractivity contribution < 1.29 is 8.42 Å². The molecule has 1 fully saturated rings. The van der Waals surface area contributed by atoms with Crippen LogP contribution in [0, 0.1) is 13.8 Å². The summed E-state index contributed by atoms with van der Waals surface area (Å²) < 4.78 is 27.9. The number of aryl methyl sites for hydroxylation is 2. The number of hydrogen-bond donors (Lipinski definition) is 0. The van der Waals surface area contributed by atoms with E-state index in [1.54, 1.807) is 10.4 Å². The first kappa shape index (κ1) is 15.3. The van der Waals surface area contributed by atoms with Crippen LogP contribution in [0.5, 0.6) is 0 Å². The quantitative estimate of drug-likeness (QED) is 0.844. The van der Waals surface area contributed by atoms with E-state index in [0.29, 0.717) is 11.4 Å².